The molecule has 0 aliphatic carbocycles. The molecule has 0 unspecified atom stereocenters. The van der Waals surface area contributed by atoms with Gasteiger partial charge in [-0.15, -0.1) is 0 Å². The zero-order valence-corrected chi connectivity index (χ0v) is 10.1. The van der Waals surface area contributed by atoms with Crippen LogP contribution in [0.4, 0.5) is 5.82 Å². The van der Waals surface area contributed by atoms with Gasteiger partial charge in [0.1, 0.15) is 5.82 Å². The standard InChI is InChI=1S/C11H17N3O2/c1-8-7-12-9(2)11(13-8)14(3)6-5-10(15)16-4/h7H,5-6H2,1-4H3. The quantitative estimate of drug-likeness (QED) is 0.715. The van der Waals surface area contributed by atoms with Crippen molar-refractivity contribution in [2.75, 3.05) is 25.6 Å². The molecule has 0 atom stereocenters. The first-order chi connectivity index (χ1) is 7.54. The number of hydrogen-bond donors (Lipinski definition) is 0. The molecule has 1 heterocycles. The van der Waals surface area contributed by atoms with Crippen molar-refractivity contribution in [3.8, 4) is 0 Å². The van der Waals surface area contributed by atoms with Gasteiger partial charge >= 0.3 is 5.97 Å². The normalized spacial score (nSPS) is 10.0. The first kappa shape index (κ1) is 12.4. The Kier molecular flexibility index (Phi) is 4.22. The van der Waals surface area contributed by atoms with E-state index in [0.717, 1.165) is 17.2 Å². The second-order valence-electron chi connectivity index (χ2n) is 3.67. The van der Waals surface area contributed by atoms with E-state index in [9.17, 15) is 4.79 Å². The Morgan fingerprint density at radius 1 is 1.50 bits per heavy atom. The maximum atomic E-state index is 11.0. The minimum Gasteiger partial charge on any atom is -0.469 e. The van der Waals surface area contributed by atoms with Crippen molar-refractivity contribution in [1.82, 2.24) is 9.97 Å². The number of ether oxygens (including phenoxy) is 1. The van der Waals surface area contributed by atoms with Gasteiger partial charge in [0.25, 0.3) is 0 Å². The largest absolute Gasteiger partial charge is 0.469 e. The van der Waals surface area contributed by atoms with Crippen molar-refractivity contribution >= 4 is 11.8 Å². The number of carbonyl (C=O) groups is 1. The molecule has 0 aromatic carbocycles. The lowest BCUT2D eigenvalue weighted by atomic mass is 10.3. The number of aryl methyl sites for hydroxylation is 2. The van der Waals surface area contributed by atoms with Gasteiger partial charge in [0.2, 0.25) is 0 Å². The molecule has 1 aromatic rings. The van der Waals surface area contributed by atoms with Crippen LogP contribution in [0, 0.1) is 13.8 Å². The summed E-state index contributed by atoms with van der Waals surface area (Å²) in [6.07, 6.45) is 2.08. The molecule has 0 spiro atoms. The molecule has 5 heteroatoms. The Morgan fingerprint density at radius 3 is 2.81 bits per heavy atom. The minimum atomic E-state index is -0.217. The summed E-state index contributed by atoms with van der Waals surface area (Å²) in [5.74, 6) is 0.592. The van der Waals surface area contributed by atoms with Crippen LogP contribution >= 0.6 is 0 Å². The van der Waals surface area contributed by atoms with Gasteiger partial charge in [-0.1, -0.05) is 0 Å². The van der Waals surface area contributed by atoms with Crippen LogP contribution in [0.2, 0.25) is 0 Å². The Labute approximate surface area is 95.5 Å². The second-order valence-corrected chi connectivity index (χ2v) is 3.67. The van der Waals surface area contributed by atoms with Gasteiger partial charge < -0.3 is 9.64 Å². The number of anilines is 1. The minimum absolute atomic E-state index is 0.217. The first-order valence-corrected chi connectivity index (χ1v) is 5.12. The number of rotatable bonds is 4. The number of esters is 1. The number of aromatic nitrogens is 2. The average molecular weight is 223 g/mol. The van der Waals surface area contributed by atoms with Crippen LogP contribution in [0.3, 0.4) is 0 Å². The average Bonchev–Trinajstić information content (AvgIpc) is 2.28. The molecular formula is C11H17N3O2. The van der Waals surface area contributed by atoms with Gasteiger partial charge in [-0.3, -0.25) is 9.78 Å². The molecule has 0 aliphatic heterocycles. The van der Waals surface area contributed by atoms with Crippen LogP contribution in [0.15, 0.2) is 6.20 Å². The number of hydrogen-bond acceptors (Lipinski definition) is 5. The topological polar surface area (TPSA) is 55.3 Å². The summed E-state index contributed by atoms with van der Waals surface area (Å²) in [4.78, 5) is 21.5. The zero-order valence-electron chi connectivity index (χ0n) is 10.1. The number of nitrogens with zero attached hydrogens (tertiary/aromatic N) is 3. The number of methoxy groups -OCH3 is 1. The Balaban J connectivity index is 2.68. The van der Waals surface area contributed by atoms with E-state index in [-0.39, 0.29) is 5.97 Å². The van der Waals surface area contributed by atoms with E-state index in [2.05, 4.69) is 14.7 Å². The van der Waals surface area contributed by atoms with Crippen LogP contribution in [-0.2, 0) is 9.53 Å². The molecule has 0 radical (unpaired) electrons. The maximum absolute atomic E-state index is 11.0. The second kappa shape index (κ2) is 5.44. The lowest BCUT2D eigenvalue weighted by Gasteiger charge is -2.19. The van der Waals surface area contributed by atoms with Crippen LogP contribution in [0.1, 0.15) is 17.8 Å². The predicted molar refractivity (Wildman–Crippen MR) is 61.4 cm³/mol. The fourth-order valence-electron chi connectivity index (χ4n) is 1.35. The van der Waals surface area contributed by atoms with Gasteiger partial charge in [-0.05, 0) is 13.8 Å². The first-order valence-electron chi connectivity index (χ1n) is 5.12. The van der Waals surface area contributed by atoms with Gasteiger partial charge in [-0.2, -0.15) is 0 Å². The monoisotopic (exact) mass is 223 g/mol. The Hall–Kier alpha value is -1.65. The van der Waals surface area contributed by atoms with Crippen molar-refractivity contribution in [3.63, 3.8) is 0 Å². The van der Waals surface area contributed by atoms with Gasteiger partial charge in [0.05, 0.1) is 24.9 Å². The molecule has 0 fully saturated rings. The fraction of sp³-hybridized carbons (Fsp3) is 0.545. The molecule has 16 heavy (non-hydrogen) atoms. The third kappa shape index (κ3) is 3.18. The summed E-state index contributed by atoms with van der Waals surface area (Å²) in [5.41, 5.74) is 1.73. The lowest BCUT2D eigenvalue weighted by Crippen LogP contribution is -2.24. The highest BCUT2D eigenvalue weighted by atomic mass is 16.5. The highest BCUT2D eigenvalue weighted by Gasteiger charge is 2.09. The predicted octanol–water partition coefficient (Wildman–Crippen LogP) is 1.09. The number of carbonyl (C=O) groups excluding carboxylic acids is 1. The Morgan fingerprint density at radius 2 is 2.19 bits per heavy atom. The smallest absolute Gasteiger partial charge is 0.307 e. The van der Waals surface area contributed by atoms with E-state index in [4.69, 9.17) is 0 Å². The molecule has 0 saturated heterocycles. The lowest BCUT2D eigenvalue weighted by molar-refractivity contribution is -0.140. The van der Waals surface area contributed by atoms with E-state index in [1.807, 2.05) is 25.8 Å². The molecule has 0 bridgehead atoms. The molecule has 0 N–H and O–H groups in total. The van der Waals surface area contributed by atoms with E-state index >= 15 is 0 Å². The molecule has 5 nitrogen and oxygen atoms in total. The van der Waals surface area contributed by atoms with Crippen LogP contribution < -0.4 is 4.90 Å². The van der Waals surface area contributed by atoms with Crippen molar-refractivity contribution in [2.45, 2.75) is 20.3 Å². The molecule has 1 aromatic heterocycles. The van der Waals surface area contributed by atoms with Gasteiger partial charge in [0, 0.05) is 19.8 Å². The molecule has 0 saturated carbocycles. The Bertz CT molecular complexity index is 379. The maximum Gasteiger partial charge on any atom is 0.307 e. The highest BCUT2D eigenvalue weighted by molar-refractivity contribution is 5.69. The van der Waals surface area contributed by atoms with Crippen molar-refractivity contribution < 1.29 is 9.53 Å². The molecular weight excluding hydrogens is 206 g/mol. The van der Waals surface area contributed by atoms with Gasteiger partial charge in [-0.25, -0.2) is 4.98 Å². The van der Waals surface area contributed by atoms with E-state index in [1.165, 1.54) is 7.11 Å². The van der Waals surface area contributed by atoms with Crippen LogP contribution in [0.5, 0.6) is 0 Å². The third-order valence-corrected chi connectivity index (χ3v) is 2.29. The third-order valence-electron chi connectivity index (χ3n) is 2.29. The summed E-state index contributed by atoms with van der Waals surface area (Å²) in [6.45, 7) is 4.37. The van der Waals surface area contributed by atoms with Gasteiger partial charge in [0.15, 0.2) is 0 Å². The van der Waals surface area contributed by atoms with E-state index in [0.29, 0.717) is 13.0 Å². The van der Waals surface area contributed by atoms with Crippen LogP contribution in [-0.4, -0.2) is 36.6 Å². The van der Waals surface area contributed by atoms with E-state index < -0.39 is 0 Å². The van der Waals surface area contributed by atoms with Crippen molar-refractivity contribution in [1.29, 1.82) is 0 Å². The molecule has 0 aliphatic rings. The highest BCUT2D eigenvalue weighted by Crippen LogP contribution is 2.13. The zero-order chi connectivity index (χ0) is 12.1. The van der Waals surface area contributed by atoms with E-state index in [1.54, 1.807) is 6.20 Å². The molecule has 88 valence electrons. The SMILES string of the molecule is COC(=O)CCN(C)c1nc(C)cnc1C. The van der Waals surface area contributed by atoms with Crippen molar-refractivity contribution in [2.24, 2.45) is 0 Å². The summed E-state index contributed by atoms with van der Waals surface area (Å²) in [7, 11) is 3.28. The van der Waals surface area contributed by atoms with Crippen molar-refractivity contribution in [3.05, 3.63) is 17.6 Å². The fourth-order valence-corrected chi connectivity index (χ4v) is 1.35. The molecule has 1 rings (SSSR count). The van der Waals surface area contributed by atoms with Crippen LogP contribution in [0.25, 0.3) is 0 Å². The molecule has 0 amide bonds. The summed E-state index contributed by atoms with van der Waals surface area (Å²) in [5, 5.41) is 0. The summed E-state index contributed by atoms with van der Waals surface area (Å²) < 4.78 is 4.59. The summed E-state index contributed by atoms with van der Waals surface area (Å²) in [6, 6.07) is 0. The summed E-state index contributed by atoms with van der Waals surface area (Å²) >= 11 is 0.